The zero-order valence-corrected chi connectivity index (χ0v) is 19.2. The Hall–Kier alpha value is -2.60. The van der Waals surface area contributed by atoms with E-state index in [-0.39, 0.29) is 24.4 Å². The number of para-hydroxylation sites is 1. The van der Waals surface area contributed by atoms with Crippen molar-refractivity contribution in [3.8, 4) is 0 Å². The number of halogens is 1. The van der Waals surface area contributed by atoms with Gasteiger partial charge in [0, 0.05) is 34.0 Å². The third-order valence-electron chi connectivity index (χ3n) is 6.56. The maximum atomic E-state index is 13.5. The number of nitrogens with one attached hydrogen (secondary N) is 1. The molecule has 3 heterocycles. The summed E-state index contributed by atoms with van der Waals surface area (Å²) in [6.07, 6.45) is 3.66. The number of unbranched alkanes of at least 4 members (excludes halogenated alkanes) is 2. The maximum Gasteiger partial charge on any atom is 0.246 e. The van der Waals surface area contributed by atoms with E-state index in [2.05, 4.69) is 40.0 Å². The number of rotatable bonds is 5. The molecule has 1 aromatic heterocycles. The molecule has 31 heavy (non-hydrogen) atoms. The molecule has 2 aliphatic heterocycles. The van der Waals surface area contributed by atoms with Crippen molar-refractivity contribution >= 4 is 38.6 Å². The van der Waals surface area contributed by atoms with Crippen LogP contribution in [0.25, 0.3) is 10.9 Å². The molecule has 1 saturated heterocycles. The summed E-state index contributed by atoms with van der Waals surface area (Å²) in [6.45, 7) is 2.97. The number of piperazine rings is 1. The van der Waals surface area contributed by atoms with Gasteiger partial charge in [-0.2, -0.15) is 0 Å². The predicted molar refractivity (Wildman–Crippen MR) is 125 cm³/mol. The van der Waals surface area contributed by atoms with E-state index in [1.165, 1.54) is 0 Å². The van der Waals surface area contributed by atoms with Gasteiger partial charge in [0.2, 0.25) is 11.8 Å². The summed E-state index contributed by atoms with van der Waals surface area (Å²) < 4.78 is 0.989. The molecule has 2 aromatic carbocycles. The number of carbonyl (C=O) groups excluding carboxylic acids is 2. The van der Waals surface area contributed by atoms with Crippen molar-refractivity contribution in [1.29, 1.82) is 0 Å². The van der Waals surface area contributed by atoms with Crippen LogP contribution in [-0.4, -0.2) is 45.7 Å². The normalized spacial score (nSPS) is 20.8. The Balaban J connectivity index is 1.61. The van der Waals surface area contributed by atoms with E-state index in [1.54, 1.807) is 4.90 Å². The van der Waals surface area contributed by atoms with Gasteiger partial charge >= 0.3 is 0 Å². The largest absolute Gasteiger partial charge is 0.356 e. The van der Waals surface area contributed by atoms with E-state index < -0.39 is 6.04 Å². The molecule has 6 heteroatoms. The first kappa shape index (κ1) is 20.3. The molecule has 5 rings (SSSR count). The van der Waals surface area contributed by atoms with Crippen LogP contribution in [0.1, 0.15) is 49.0 Å². The Labute approximate surface area is 190 Å². The highest BCUT2D eigenvalue weighted by molar-refractivity contribution is 9.10. The number of H-pyrrole nitrogens is 1. The van der Waals surface area contributed by atoms with Crippen LogP contribution in [0, 0.1) is 0 Å². The fraction of sp³-hybridized carbons (Fsp3) is 0.360. The first-order valence-corrected chi connectivity index (χ1v) is 11.8. The molecule has 2 amide bonds. The van der Waals surface area contributed by atoms with Gasteiger partial charge in [0.1, 0.15) is 6.04 Å². The molecule has 0 radical (unpaired) electrons. The summed E-state index contributed by atoms with van der Waals surface area (Å²) in [5.74, 6) is 0.104. The van der Waals surface area contributed by atoms with Gasteiger partial charge in [0.05, 0.1) is 12.6 Å². The van der Waals surface area contributed by atoms with E-state index in [4.69, 9.17) is 0 Å². The van der Waals surface area contributed by atoms with Crippen molar-refractivity contribution in [2.24, 2.45) is 0 Å². The van der Waals surface area contributed by atoms with Crippen LogP contribution >= 0.6 is 15.9 Å². The van der Waals surface area contributed by atoms with Crippen LogP contribution in [0.4, 0.5) is 0 Å². The zero-order valence-electron chi connectivity index (χ0n) is 17.6. The summed E-state index contributed by atoms with van der Waals surface area (Å²) in [5, 5.41) is 1.14. The van der Waals surface area contributed by atoms with E-state index in [0.29, 0.717) is 13.0 Å². The minimum absolute atomic E-state index is 0.0262. The van der Waals surface area contributed by atoms with Crippen LogP contribution in [0.15, 0.2) is 53.0 Å². The van der Waals surface area contributed by atoms with Crippen LogP contribution in [-0.2, 0) is 16.0 Å². The molecule has 0 saturated carbocycles. The first-order valence-electron chi connectivity index (χ1n) is 11.0. The van der Waals surface area contributed by atoms with Crippen LogP contribution in [0.5, 0.6) is 0 Å². The molecule has 1 N–H and O–H groups in total. The molecule has 0 spiro atoms. The monoisotopic (exact) mass is 479 g/mol. The highest BCUT2D eigenvalue weighted by atomic mass is 79.9. The Kier molecular flexibility index (Phi) is 5.34. The Morgan fingerprint density at radius 2 is 1.84 bits per heavy atom. The second-order valence-electron chi connectivity index (χ2n) is 8.50. The molecular weight excluding hydrogens is 454 g/mol. The first-order chi connectivity index (χ1) is 15.1. The van der Waals surface area contributed by atoms with Gasteiger partial charge in [0.25, 0.3) is 0 Å². The molecule has 2 aliphatic rings. The van der Waals surface area contributed by atoms with Gasteiger partial charge in [-0.1, -0.05) is 66.0 Å². The number of fused-ring (bicyclic) bond motifs is 4. The van der Waals surface area contributed by atoms with Crippen LogP contribution in [0.3, 0.4) is 0 Å². The summed E-state index contributed by atoms with van der Waals surface area (Å²) in [4.78, 5) is 34.1. The molecule has 3 aromatic rings. The Morgan fingerprint density at radius 1 is 1.06 bits per heavy atom. The van der Waals surface area contributed by atoms with Gasteiger partial charge in [-0.05, 0) is 35.7 Å². The summed E-state index contributed by atoms with van der Waals surface area (Å²) in [5.41, 5.74) is 4.25. The molecule has 0 aliphatic carbocycles. The van der Waals surface area contributed by atoms with Gasteiger partial charge < -0.3 is 14.8 Å². The standard InChI is InChI=1S/C25H26BrN3O2/c1-2-3-6-13-28-15-22(30)29-21(25(28)31)14-19-18-7-4-5-8-20(18)27-23(19)24(29)16-9-11-17(26)12-10-16/h4-5,7-12,21,24,27H,2-3,6,13-15H2,1H3/t21-,24+/m0/s1. The van der Waals surface area contributed by atoms with Crippen LogP contribution < -0.4 is 0 Å². The molecule has 0 bridgehead atoms. The quantitative estimate of drug-likeness (QED) is 0.534. The Bertz CT molecular complexity index is 1140. The molecule has 2 atom stereocenters. The average molecular weight is 480 g/mol. The van der Waals surface area contributed by atoms with Gasteiger partial charge in [-0.25, -0.2) is 0 Å². The lowest BCUT2D eigenvalue weighted by atomic mass is 9.86. The predicted octanol–water partition coefficient (Wildman–Crippen LogP) is 4.81. The average Bonchev–Trinajstić information content (AvgIpc) is 3.15. The van der Waals surface area contributed by atoms with Gasteiger partial charge in [0.15, 0.2) is 0 Å². The number of hydrogen-bond acceptors (Lipinski definition) is 2. The van der Waals surface area contributed by atoms with E-state index in [0.717, 1.165) is 51.5 Å². The number of benzene rings is 2. The fourth-order valence-electron chi connectivity index (χ4n) is 5.06. The fourth-order valence-corrected chi connectivity index (χ4v) is 5.32. The van der Waals surface area contributed by atoms with Crippen molar-refractivity contribution in [2.45, 2.75) is 44.7 Å². The topological polar surface area (TPSA) is 56.4 Å². The minimum atomic E-state index is -0.455. The van der Waals surface area contributed by atoms with Gasteiger partial charge in [-0.3, -0.25) is 9.59 Å². The lowest BCUT2D eigenvalue weighted by Gasteiger charge is -2.47. The van der Waals surface area contributed by atoms with Crippen LogP contribution in [0.2, 0.25) is 0 Å². The number of aromatic amines is 1. The van der Waals surface area contributed by atoms with E-state index in [1.807, 2.05) is 41.3 Å². The lowest BCUT2D eigenvalue weighted by molar-refractivity contribution is -0.158. The summed E-state index contributed by atoms with van der Waals surface area (Å²) in [7, 11) is 0. The van der Waals surface area contributed by atoms with Crippen molar-refractivity contribution in [2.75, 3.05) is 13.1 Å². The second-order valence-corrected chi connectivity index (χ2v) is 9.42. The van der Waals surface area contributed by atoms with Crippen molar-refractivity contribution < 1.29 is 9.59 Å². The number of hydrogen-bond donors (Lipinski definition) is 1. The van der Waals surface area contributed by atoms with E-state index in [9.17, 15) is 9.59 Å². The third kappa shape index (κ3) is 3.47. The smallest absolute Gasteiger partial charge is 0.246 e. The molecular formula is C25H26BrN3O2. The number of nitrogens with zero attached hydrogens (tertiary/aromatic N) is 2. The van der Waals surface area contributed by atoms with Crippen molar-refractivity contribution in [3.05, 3.63) is 69.8 Å². The summed E-state index contributed by atoms with van der Waals surface area (Å²) >= 11 is 3.51. The number of aromatic nitrogens is 1. The highest BCUT2D eigenvalue weighted by Crippen LogP contribution is 2.42. The molecule has 0 unspecified atom stereocenters. The number of amides is 2. The van der Waals surface area contributed by atoms with Crippen molar-refractivity contribution in [3.63, 3.8) is 0 Å². The van der Waals surface area contributed by atoms with Crippen molar-refractivity contribution in [1.82, 2.24) is 14.8 Å². The number of carbonyl (C=O) groups is 2. The van der Waals surface area contributed by atoms with E-state index >= 15 is 0 Å². The highest BCUT2D eigenvalue weighted by Gasteiger charge is 2.47. The van der Waals surface area contributed by atoms with Gasteiger partial charge in [-0.15, -0.1) is 0 Å². The minimum Gasteiger partial charge on any atom is -0.356 e. The SMILES string of the molecule is CCCCCN1CC(=O)N2[C@H](c3ccc(Br)cc3)c3[nH]c4ccccc4c3C[C@H]2C1=O. The zero-order chi connectivity index (χ0) is 21.5. The molecule has 5 nitrogen and oxygen atoms in total. The third-order valence-corrected chi connectivity index (χ3v) is 7.09. The Morgan fingerprint density at radius 3 is 2.61 bits per heavy atom. The molecule has 1 fully saturated rings. The summed E-state index contributed by atoms with van der Waals surface area (Å²) in [6, 6.07) is 15.5. The second kappa shape index (κ2) is 8.15. The maximum absolute atomic E-state index is 13.5. The lowest BCUT2D eigenvalue weighted by Crippen LogP contribution is -2.63. The molecule has 160 valence electrons.